The fourth-order valence-corrected chi connectivity index (χ4v) is 4.14. The summed E-state index contributed by atoms with van der Waals surface area (Å²) in [5, 5.41) is 0. The number of rotatable bonds is 3. The molecule has 0 aromatic heterocycles. The first-order valence-corrected chi connectivity index (χ1v) is 8.89. The molecule has 6 nitrogen and oxygen atoms in total. The molecule has 22 heavy (non-hydrogen) atoms. The molecule has 1 aromatic carbocycles. The lowest BCUT2D eigenvalue weighted by molar-refractivity contribution is 0.126. The highest BCUT2D eigenvalue weighted by atomic mass is 32.2. The summed E-state index contributed by atoms with van der Waals surface area (Å²) in [7, 11) is -2.04. The topological polar surface area (TPSA) is 66.9 Å². The van der Waals surface area contributed by atoms with Crippen LogP contribution in [0.15, 0.2) is 24.3 Å². The van der Waals surface area contributed by atoms with Crippen molar-refractivity contribution in [1.82, 2.24) is 9.21 Å². The molecule has 0 saturated carbocycles. The van der Waals surface area contributed by atoms with Crippen LogP contribution >= 0.6 is 0 Å². The molecule has 0 atom stereocenters. The van der Waals surface area contributed by atoms with Crippen LogP contribution in [-0.4, -0.2) is 57.0 Å². The van der Waals surface area contributed by atoms with E-state index in [4.69, 9.17) is 4.74 Å². The number of ether oxygens (including phenoxy) is 1. The summed E-state index contributed by atoms with van der Waals surface area (Å²) in [6.45, 7) is 3.56. The minimum absolute atomic E-state index is 0.00704. The van der Waals surface area contributed by atoms with Crippen LogP contribution in [0.5, 0.6) is 0 Å². The van der Waals surface area contributed by atoms with E-state index < -0.39 is 16.1 Å². The van der Waals surface area contributed by atoms with E-state index in [1.807, 2.05) is 31.2 Å². The number of nitrogens with zero attached hydrogens (tertiary/aromatic N) is 2. The Morgan fingerprint density at radius 3 is 2.68 bits per heavy atom. The molecule has 1 aromatic rings. The standard InChI is InChI=1S/C15H22N2O4S/c1-13-5-3-6-14(11-13)12-22(19,20)17-8-4-7-16(9-10-17)15(18)21-2/h3,5-6,11H,4,7-10,12H2,1-2H3. The normalized spacial score (nSPS) is 17.1. The summed E-state index contributed by atoms with van der Waals surface area (Å²) in [6, 6.07) is 7.51. The number of methoxy groups -OCH3 is 1. The van der Waals surface area contributed by atoms with Crippen LogP contribution in [0.25, 0.3) is 0 Å². The third kappa shape index (κ3) is 4.20. The van der Waals surface area contributed by atoms with Gasteiger partial charge in [0, 0.05) is 26.2 Å². The van der Waals surface area contributed by atoms with E-state index in [1.54, 1.807) is 4.90 Å². The fourth-order valence-electron chi connectivity index (χ4n) is 2.59. The molecule has 122 valence electrons. The van der Waals surface area contributed by atoms with Gasteiger partial charge in [-0.05, 0) is 18.9 Å². The van der Waals surface area contributed by atoms with Crippen molar-refractivity contribution in [1.29, 1.82) is 0 Å². The molecule has 0 bridgehead atoms. The number of benzene rings is 1. The van der Waals surface area contributed by atoms with Gasteiger partial charge in [-0.25, -0.2) is 13.2 Å². The van der Waals surface area contributed by atoms with E-state index in [-0.39, 0.29) is 5.75 Å². The Balaban J connectivity index is 2.05. The summed E-state index contributed by atoms with van der Waals surface area (Å²) in [6.07, 6.45) is 0.209. The zero-order valence-corrected chi connectivity index (χ0v) is 13.8. The minimum Gasteiger partial charge on any atom is -0.453 e. The Morgan fingerprint density at radius 1 is 1.23 bits per heavy atom. The van der Waals surface area contributed by atoms with Gasteiger partial charge in [0.25, 0.3) is 0 Å². The second kappa shape index (κ2) is 7.11. The second-order valence-electron chi connectivity index (χ2n) is 5.45. The van der Waals surface area contributed by atoms with Gasteiger partial charge in [-0.15, -0.1) is 0 Å². The van der Waals surface area contributed by atoms with E-state index in [0.29, 0.717) is 32.6 Å². The second-order valence-corrected chi connectivity index (χ2v) is 7.42. The molecule has 1 heterocycles. The van der Waals surface area contributed by atoms with Crippen LogP contribution in [0.4, 0.5) is 4.79 Å². The molecule has 0 radical (unpaired) electrons. The first kappa shape index (κ1) is 16.8. The maximum Gasteiger partial charge on any atom is 0.409 e. The van der Waals surface area contributed by atoms with E-state index in [2.05, 4.69) is 0 Å². The number of aryl methyl sites for hydroxylation is 1. The van der Waals surface area contributed by atoms with Crippen molar-refractivity contribution < 1.29 is 17.9 Å². The molecule has 0 N–H and O–H groups in total. The maximum absolute atomic E-state index is 12.6. The number of hydrogen-bond acceptors (Lipinski definition) is 4. The van der Waals surface area contributed by atoms with Gasteiger partial charge in [0.15, 0.2) is 0 Å². The summed E-state index contributed by atoms with van der Waals surface area (Å²) in [5.41, 5.74) is 1.83. The lowest BCUT2D eigenvalue weighted by atomic mass is 10.2. The maximum atomic E-state index is 12.6. The van der Waals surface area contributed by atoms with Crippen LogP contribution in [0, 0.1) is 6.92 Å². The molecule has 0 spiro atoms. The molecule has 1 fully saturated rings. The molecule has 2 rings (SSSR count). The van der Waals surface area contributed by atoms with Crippen LogP contribution in [0.2, 0.25) is 0 Å². The Hall–Kier alpha value is -1.60. The Morgan fingerprint density at radius 2 is 2.00 bits per heavy atom. The summed E-state index contributed by atoms with van der Waals surface area (Å²) in [5.74, 6) is -0.00704. The number of amides is 1. The smallest absolute Gasteiger partial charge is 0.409 e. The molecule has 1 aliphatic rings. The van der Waals surface area contributed by atoms with Gasteiger partial charge in [0.2, 0.25) is 10.0 Å². The predicted octanol–water partition coefficient (Wildman–Crippen LogP) is 1.60. The van der Waals surface area contributed by atoms with Gasteiger partial charge in [-0.2, -0.15) is 4.31 Å². The lowest BCUT2D eigenvalue weighted by Gasteiger charge is -2.21. The van der Waals surface area contributed by atoms with Crippen molar-refractivity contribution in [2.45, 2.75) is 19.1 Å². The quantitative estimate of drug-likeness (QED) is 0.846. The highest BCUT2D eigenvalue weighted by Crippen LogP contribution is 2.15. The molecule has 0 unspecified atom stereocenters. The molecule has 7 heteroatoms. The number of carbonyl (C=O) groups excluding carboxylic acids is 1. The molecule has 0 aliphatic carbocycles. The minimum atomic E-state index is -3.38. The fraction of sp³-hybridized carbons (Fsp3) is 0.533. The summed E-state index contributed by atoms with van der Waals surface area (Å²) < 4.78 is 31.3. The first-order chi connectivity index (χ1) is 10.4. The average Bonchev–Trinajstić information content (AvgIpc) is 2.72. The monoisotopic (exact) mass is 326 g/mol. The zero-order valence-electron chi connectivity index (χ0n) is 13.0. The highest BCUT2D eigenvalue weighted by molar-refractivity contribution is 7.88. The van der Waals surface area contributed by atoms with Gasteiger partial charge >= 0.3 is 6.09 Å². The first-order valence-electron chi connectivity index (χ1n) is 7.28. The van der Waals surface area contributed by atoms with E-state index in [9.17, 15) is 13.2 Å². The van der Waals surface area contributed by atoms with Gasteiger partial charge in [-0.1, -0.05) is 29.8 Å². The van der Waals surface area contributed by atoms with E-state index in [0.717, 1.165) is 11.1 Å². The molecule has 1 saturated heterocycles. The van der Waals surface area contributed by atoms with Gasteiger partial charge < -0.3 is 9.64 Å². The Bertz CT molecular complexity index is 630. The van der Waals surface area contributed by atoms with Gasteiger partial charge in [0.1, 0.15) is 0 Å². The van der Waals surface area contributed by atoms with Crippen LogP contribution in [-0.2, 0) is 20.5 Å². The number of sulfonamides is 1. The van der Waals surface area contributed by atoms with Gasteiger partial charge in [0.05, 0.1) is 12.9 Å². The van der Waals surface area contributed by atoms with Crippen molar-refractivity contribution in [3.8, 4) is 0 Å². The molecule has 1 amide bonds. The van der Waals surface area contributed by atoms with Crippen molar-refractivity contribution in [2.75, 3.05) is 33.3 Å². The van der Waals surface area contributed by atoms with Gasteiger partial charge in [-0.3, -0.25) is 0 Å². The molecule has 1 aliphatic heterocycles. The van der Waals surface area contributed by atoms with Crippen LogP contribution in [0.3, 0.4) is 0 Å². The summed E-state index contributed by atoms with van der Waals surface area (Å²) in [4.78, 5) is 13.1. The lowest BCUT2D eigenvalue weighted by Crippen LogP contribution is -2.37. The third-order valence-corrected chi connectivity index (χ3v) is 5.56. The SMILES string of the molecule is COC(=O)N1CCCN(S(=O)(=O)Cc2cccc(C)c2)CC1. The highest BCUT2D eigenvalue weighted by Gasteiger charge is 2.27. The predicted molar refractivity (Wildman–Crippen MR) is 84.0 cm³/mol. The van der Waals surface area contributed by atoms with Crippen LogP contribution < -0.4 is 0 Å². The largest absolute Gasteiger partial charge is 0.453 e. The zero-order chi connectivity index (χ0) is 16.2. The van der Waals surface area contributed by atoms with Crippen molar-refractivity contribution in [2.24, 2.45) is 0 Å². The van der Waals surface area contributed by atoms with Crippen molar-refractivity contribution in [3.05, 3.63) is 35.4 Å². The van der Waals surface area contributed by atoms with Crippen molar-refractivity contribution >= 4 is 16.1 Å². The summed E-state index contributed by atoms with van der Waals surface area (Å²) >= 11 is 0. The Kier molecular flexibility index (Phi) is 5.42. The van der Waals surface area contributed by atoms with Crippen LogP contribution in [0.1, 0.15) is 17.5 Å². The molecular weight excluding hydrogens is 304 g/mol. The van der Waals surface area contributed by atoms with E-state index in [1.165, 1.54) is 11.4 Å². The Labute approximate surface area is 131 Å². The van der Waals surface area contributed by atoms with Crippen molar-refractivity contribution in [3.63, 3.8) is 0 Å². The third-order valence-electron chi connectivity index (χ3n) is 3.71. The average molecular weight is 326 g/mol. The number of carbonyl (C=O) groups is 1. The number of hydrogen-bond donors (Lipinski definition) is 0. The van der Waals surface area contributed by atoms with E-state index >= 15 is 0 Å². The molecular formula is C15H22N2O4S.